The summed E-state index contributed by atoms with van der Waals surface area (Å²) in [4.78, 5) is 4.18. The van der Waals surface area contributed by atoms with Crippen LogP contribution in [0.25, 0.3) is 11.3 Å². The zero-order valence-electron chi connectivity index (χ0n) is 11.3. The van der Waals surface area contributed by atoms with Crippen LogP contribution in [0.15, 0.2) is 36.5 Å². The number of hydrogen-bond acceptors (Lipinski definition) is 1. The van der Waals surface area contributed by atoms with Crippen molar-refractivity contribution in [2.24, 2.45) is 5.41 Å². The Hall–Kier alpha value is -1.05. The molecule has 0 aliphatic rings. The standard InChI is InChI=1S/C16H17FN.Ir/c1-16(2,3)11-12-5-4-6-13(9-12)15-10-14(17)7-8-18-15;/h4-5,7-10H,11H2,1-3H3;/q-1;. The normalized spacial score (nSPS) is 10.9. The van der Waals surface area contributed by atoms with E-state index >= 15 is 0 Å². The summed E-state index contributed by atoms with van der Waals surface area (Å²) in [6.45, 7) is 6.59. The van der Waals surface area contributed by atoms with Crippen LogP contribution < -0.4 is 0 Å². The topological polar surface area (TPSA) is 12.9 Å². The van der Waals surface area contributed by atoms with E-state index in [1.807, 2.05) is 18.2 Å². The summed E-state index contributed by atoms with van der Waals surface area (Å²) in [6, 6.07) is 11.9. The van der Waals surface area contributed by atoms with E-state index in [2.05, 4.69) is 31.8 Å². The maximum atomic E-state index is 13.2. The fourth-order valence-electron chi connectivity index (χ4n) is 1.94. The molecular formula is C16H17FIrN-. The van der Waals surface area contributed by atoms with Crippen LogP contribution in [0.4, 0.5) is 4.39 Å². The Morgan fingerprint density at radius 1 is 1.21 bits per heavy atom. The van der Waals surface area contributed by atoms with Crippen LogP contribution in [0, 0.1) is 17.3 Å². The van der Waals surface area contributed by atoms with Crippen molar-refractivity contribution in [3.8, 4) is 11.3 Å². The number of rotatable bonds is 2. The molecule has 0 fully saturated rings. The van der Waals surface area contributed by atoms with Crippen LogP contribution >= 0.6 is 0 Å². The molecule has 19 heavy (non-hydrogen) atoms. The summed E-state index contributed by atoms with van der Waals surface area (Å²) in [5, 5.41) is 0. The molecule has 0 unspecified atom stereocenters. The number of hydrogen-bond donors (Lipinski definition) is 0. The summed E-state index contributed by atoms with van der Waals surface area (Å²) < 4.78 is 13.2. The number of benzene rings is 1. The second-order valence-electron chi connectivity index (χ2n) is 5.71. The maximum absolute atomic E-state index is 13.2. The molecule has 2 aromatic rings. The Labute approximate surface area is 127 Å². The van der Waals surface area contributed by atoms with Crippen molar-refractivity contribution in [3.05, 3.63) is 54.0 Å². The van der Waals surface area contributed by atoms with Gasteiger partial charge in [0.2, 0.25) is 0 Å². The van der Waals surface area contributed by atoms with Gasteiger partial charge in [-0.1, -0.05) is 20.8 Å². The fourth-order valence-corrected chi connectivity index (χ4v) is 1.94. The number of aromatic nitrogens is 1. The molecule has 1 aromatic heterocycles. The van der Waals surface area contributed by atoms with Crippen molar-refractivity contribution >= 4 is 0 Å². The number of pyridine rings is 1. The summed E-state index contributed by atoms with van der Waals surface area (Å²) in [7, 11) is 0. The third-order valence-electron chi connectivity index (χ3n) is 2.60. The first-order valence-electron chi connectivity index (χ1n) is 6.07. The molecule has 0 saturated carbocycles. The molecule has 1 radical (unpaired) electrons. The average molecular weight is 435 g/mol. The van der Waals surface area contributed by atoms with Crippen LogP contribution in [-0.2, 0) is 26.5 Å². The predicted octanol–water partition coefficient (Wildman–Crippen LogP) is 4.27. The van der Waals surface area contributed by atoms with E-state index in [4.69, 9.17) is 0 Å². The van der Waals surface area contributed by atoms with Crippen molar-refractivity contribution in [1.82, 2.24) is 4.98 Å². The molecule has 0 aliphatic heterocycles. The molecule has 1 aromatic carbocycles. The SMILES string of the molecule is CC(C)(C)Cc1cc[c-]c(-c2cc(F)ccn2)c1.[Ir]. The van der Waals surface area contributed by atoms with Gasteiger partial charge in [-0.15, -0.1) is 35.4 Å². The van der Waals surface area contributed by atoms with Crippen LogP contribution in [0.3, 0.4) is 0 Å². The van der Waals surface area contributed by atoms with Crippen molar-refractivity contribution in [2.75, 3.05) is 0 Å². The Morgan fingerprint density at radius 2 is 1.95 bits per heavy atom. The van der Waals surface area contributed by atoms with Gasteiger partial charge in [-0.05, 0) is 29.7 Å². The fraction of sp³-hybridized carbons (Fsp3) is 0.312. The monoisotopic (exact) mass is 435 g/mol. The minimum atomic E-state index is -0.269. The van der Waals surface area contributed by atoms with E-state index in [0.717, 1.165) is 12.0 Å². The van der Waals surface area contributed by atoms with Gasteiger partial charge in [0.05, 0.1) is 0 Å². The first kappa shape index (κ1) is 16.0. The third-order valence-corrected chi connectivity index (χ3v) is 2.60. The molecule has 0 saturated heterocycles. The zero-order valence-corrected chi connectivity index (χ0v) is 13.7. The molecule has 0 spiro atoms. The maximum Gasteiger partial charge on any atom is 0.117 e. The quantitative estimate of drug-likeness (QED) is 0.644. The smallest absolute Gasteiger partial charge is 0.117 e. The molecule has 3 heteroatoms. The van der Waals surface area contributed by atoms with Gasteiger partial charge >= 0.3 is 0 Å². The zero-order chi connectivity index (χ0) is 13.2. The number of halogens is 1. The van der Waals surface area contributed by atoms with Gasteiger partial charge in [0.15, 0.2) is 0 Å². The molecule has 0 atom stereocenters. The Bertz CT molecular complexity index is 546. The predicted molar refractivity (Wildman–Crippen MR) is 71.6 cm³/mol. The van der Waals surface area contributed by atoms with E-state index in [9.17, 15) is 4.39 Å². The Balaban J connectivity index is 0.00000180. The van der Waals surface area contributed by atoms with Crippen molar-refractivity contribution < 1.29 is 24.5 Å². The first-order valence-corrected chi connectivity index (χ1v) is 6.07. The molecule has 1 heterocycles. The van der Waals surface area contributed by atoms with Crippen molar-refractivity contribution in [2.45, 2.75) is 27.2 Å². The van der Waals surface area contributed by atoms with Gasteiger partial charge in [0.1, 0.15) is 5.82 Å². The summed E-state index contributed by atoms with van der Waals surface area (Å²) >= 11 is 0. The van der Waals surface area contributed by atoms with Crippen LogP contribution in [-0.4, -0.2) is 4.98 Å². The van der Waals surface area contributed by atoms with Crippen LogP contribution in [0.1, 0.15) is 26.3 Å². The van der Waals surface area contributed by atoms with E-state index < -0.39 is 0 Å². The van der Waals surface area contributed by atoms with E-state index in [-0.39, 0.29) is 31.3 Å². The molecule has 0 N–H and O–H groups in total. The molecule has 1 nitrogen and oxygen atoms in total. The summed E-state index contributed by atoms with van der Waals surface area (Å²) in [5.41, 5.74) is 2.93. The number of nitrogens with zero attached hydrogens (tertiary/aromatic N) is 1. The Kier molecular flexibility index (Phi) is 5.39. The molecule has 0 bridgehead atoms. The molecule has 103 valence electrons. The Morgan fingerprint density at radius 3 is 2.58 bits per heavy atom. The largest absolute Gasteiger partial charge is 0.305 e. The third kappa shape index (κ3) is 4.85. The molecule has 0 aliphatic carbocycles. The van der Waals surface area contributed by atoms with E-state index in [1.54, 1.807) is 0 Å². The van der Waals surface area contributed by atoms with Gasteiger partial charge < -0.3 is 4.98 Å². The second kappa shape index (κ2) is 6.40. The second-order valence-corrected chi connectivity index (χ2v) is 5.71. The molecule has 2 rings (SSSR count). The average Bonchev–Trinajstić information content (AvgIpc) is 2.27. The van der Waals surface area contributed by atoms with E-state index in [0.29, 0.717) is 5.69 Å². The van der Waals surface area contributed by atoms with E-state index in [1.165, 1.54) is 23.9 Å². The van der Waals surface area contributed by atoms with Crippen LogP contribution in [0.5, 0.6) is 0 Å². The van der Waals surface area contributed by atoms with Gasteiger partial charge in [-0.25, -0.2) is 4.39 Å². The first-order chi connectivity index (χ1) is 8.44. The molecular weight excluding hydrogens is 417 g/mol. The van der Waals surface area contributed by atoms with Gasteiger partial charge in [0, 0.05) is 26.3 Å². The van der Waals surface area contributed by atoms with Crippen molar-refractivity contribution in [3.63, 3.8) is 0 Å². The molecule has 0 amide bonds. The van der Waals surface area contributed by atoms with Gasteiger partial charge in [0.25, 0.3) is 0 Å². The van der Waals surface area contributed by atoms with Gasteiger partial charge in [-0.2, -0.15) is 0 Å². The minimum Gasteiger partial charge on any atom is -0.305 e. The minimum absolute atomic E-state index is 0. The summed E-state index contributed by atoms with van der Waals surface area (Å²) in [6.07, 6.45) is 2.46. The van der Waals surface area contributed by atoms with Crippen LogP contribution in [0.2, 0.25) is 0 Å². The van der Waals surface area contributed by atoms with Gasteiger partial charge in [-0.3, -0.25) is 0 Å². The summed E-state index contributed by atoms with van der Waals surface area (Å²) in [5.74, 6) is -0.269. The van der Waals surface area contributed by atoms with Crippen molar-refractivity contribution in [1.29, 1.82) is 0 Å².